The highest BCUT2D eigenvalue weighted by Crippen LogP contribution is 2.41. The summed E-state index contributed by atoms with van der Waals surface area (Å²) in [6.45, 7) is 3.51. The van der Waals surface area contributed by atoms with Crippen molar-refractivity contribution in [2.45, 2.75) is 11.3 Å². The SMILES string of the molecule is CN1CCN(C(=O)CCSc2cc(-c3ccccc3)c(O)c(-c3ccccc3)c2)CC1.Cl. The number of phenols is 1. The fourth-order valence-electron chi connectivity index (χ4n) is 3.84. The molecule has 1 aliphatic rings. The molecule has 0 unspecified atom stereocenters. The number of amides is 1. The summed E-state index contributed by atoms with van der Waals surface area (Å²) in [6.07, 6.45) is 0.524. The average Bonchev–Trinajstić information content (AvgIpc) is 2.81. The Labute approximate surface area is 200 Å². The molecule has 0 spiro atoms. The largest absolute Gasteiger partial charge is 0.507 e. The van der Waals surface area contributed by atoms with Crippen molar-refractivity contribution in [1.29, 1.82) is 0 Å². The Bertz CT molecular complexity index is 962. The first-order valence-electron chi connectivity index (χ1n) is 10.7. The Morgan fingerprint density at radius 3 is 1.88 bits per heavy atom. The van der Waals surface area contributed by atoms with E-state index in [1.165, 1.54) is 0 Å². The number of thioether (sulfide) groups is 1. The molecule has 4 nitrogen and oxygen atoms in total. The lowest BCUT2D eigenvalue weighted by molar-refractivity contribution is -0.132. The minimum atomic E-state index is 0. The highest BCUT2D eigenvalue weighted by molar-refractivity contribution is 7.99. The number of nitrogens with zero attached hydrogens (tertiary/aromatic N) is 2. The van der Waals surface area contributed by atoms with Crippen LogP contribution in [0.1, 0.15) is 6.42 Å². The number of carbonyl (C=O) groups is 1. The highest BCUT2D eigenvalue weighted by atomic mass is 35.5. The lowest BCUT2D eigenvalue weighted by Gasteiger charge is -2.32. The number of phenolic OH excluding ortho intramolecular Hbond substituents is 1. The molecule has 1 amide bonds. The molecule has 0 aliphatic carbocycles. The van der Waals surface area contributed by atoms with Gasteiger partial charge in [0.1, 0.15) is 5.75 Å². The van der Waals surface area contributed by atoms with Crippen molar-refractivity contribution in [2.24, 2.45) is 0 Å². The summed E-state index contributed by atoms with van der Waals surface area (Å²) in [7, 11) is 2.09. The molecular weight excluding hydrogens is 440 g/mol. The van der Waals surface area contributed by atoms with Crippen LogP contribution in [0.4, 0.5) is 0 Å². The van der Waals surface area contributed by atoms with E-state index >= 15 is 0 Å². The molecule has 6 heteroatoms. The Balaban J connectivity index is 0.00000289. The molecular formula is C26H29ClN2O2S. The van der Waals surface area contributed by atoms with Gasteiger partial charge in [0.05, 0.1) is 0 Å². The maximum atomic E-state index is 12.6. The van der Waals surface area contributed by atoms with Crippen LogP contribution in [0.5, 0.6) is 5.75 Å². The zero-order valence-corrected chi connectivity index (χ0v) is 19.9. The molecule has 0 radical (unpaired) electrons. The van der Waals surface area contributed by atoms with Crippen LogP contribution in [0.25, 0.3) is 22.3 Å². The zero-order chi connectivity index (χ0) is 21.6. The molecule has 168 valence electrons. The van der Waals surface area contributed by atoms with Crippen molar-refractivity contribution in [3.8, 4) is 28.0 Å². The van der Waals surface area contributed by atoms with Crippen molar-refractivity contribution >= 4 is 30.1 Å². The van der Waals surface area contributed by atoms with Gasteiger partial charge < -0.3 is 14.9 Å². The molecule has 3 aromatic carbocycles. The number of aromatic hydroxyl groups is 1. The first-order chi connectivity index (χ1) is 15.1. The van der Waals surface area contributed by atoms with E-state index in [1.54, 1.807) is 11.8 Å². The molecule has 32 heavy (non-hydrogen) atoms. The van der Waals surface area contributed by atoms with E-state index in [4.69, 9.17) is 0 Å². The van der Waals surface area contributed by atoms with Gasteiger partial charge in [-0.05, 0) is 30.3 Å². The van der Waals surface area contributed by atoms with Crippen LogP contribution < -0.4 is 0 Å². The van der Waals surface area contributed by atoms with Gasteiger partial charge >= 0.3 is 0 Å². The molecule has 1 heterocycles. The van der Waals surface area contributed by atoms with Crippen molar-refractivity contribution in [1.82, 2.24) is 9.80 Å². The zero-order valence-electron chi connectivity index (χ0n) is 18.2. The van der Waals surface area contributed by atoms with Crippen molar-refractivity contribution in [3.63, 3.8) is 0 Å². The topological polar surface area (TPSA) is 43.8 Å². The van der Waals surface area contributed by atoms with Crippen molar-refractivity contribution in [2.75, 3.05) is 39.0 Å². The average molecular weight is 469 g/mol. The summed E-state index contributed by atoms with van der Waals surface area (Å²) in [5.74, 6) is 1.24. The maximum Gasteiger partial charge on any atom is 0.223 e. The first-order valence-corrected chi connectivity index (χ1v) is 11.7. The van der Waals surface area contributed by atoms with Gasteiger partial charge in [-0.3, -0.25) is 4.79 Å². The summed E-state index contributed by atoms with van der Waals surface area (Å²) in [5.41, 5.74) is 3.59. The molecule has 1 fully saturated rings. The van der Waals surface area contributed by atoms with Gasteiger partial charge in [-0.2, -0.15) is 0 Å². The van der Waals surface area contributed by atoms with Gasteiger partial charge in [-0.25, -0.2) is 0 Å². The molecule has 0 atom stereocenters. The molecule has 1 saturated heterocycles. The number of carbonyl (C=O) groups excluding carboxylic acids is 1. The first kappa shape index (κ1) is 24.2. The number of piperazine rings is 1. The van der Waals surface area contributed by atoms with E-state index in [1.807, 2.05) is 77.7 Å². The predicted molar refractivity (Wildman–Crippen MR) is 136 cm³/mol. The molecule has 0 aromatic heterocycles. The summed E-state index contributed by atoms with van der Waals surface area (Å²) < 4.78 is 0. The summed E-state index contributed by atoms with van der Waals surface area (Å²) >= 11 is 1.67. The van der Waals surface area contributed by atoms with E-state index in [2.05, 4.69) is 11.9 Å². The van der Waals surface area contributed by atoms with E-state index in [9.17, 15) is 9.90 Å². The van der Waals surface area contributed by atoms with Gasteiger partial charge in [-0.15, -0.1) is 24.2 Å². The third-order valence-electron chi connectivity index (χ3n) is 5.69. The third-order valence-corrected chi connectivity index (χ3v) is 6.67. The van der Waals surface area contributed by atoms with Gasteiger partial charge in [-0.1, -0.05) is 60.7 Å². The number of hydrogen-bond acceptors (Lipinski definition) is 4. The number of hydrogen-bond donors (Lipinski definition) is 1. The van der Waals surface area contributed by atoms with E-state index < -0.39 is 0 Å². The lowest BCUT2D eigenvalue weighted by atomic mass is 9.97. The molecule has 4 rings (SSSR count). The smallest absolute Gasteiger partial charge is 0.223 e. The number of benzene rings is 3. The van der Waals surface area contributed by atoms with Gasteiger partial charge in [0.15, 0.2) is 0 Å². The van der Waals surface area contributed by atoms with E-state index in [-0.39, 0.29) is 24.1 Å². The number of likely N-dealkylation sites (N-methyl/N-ethyl adjacent to an activating group) is 1. The van der Waals surface area contributed by atoms with Gasteiger partial charge in [0.2, 0.25) is 5.91 Å². The minimum absolute atomic E-state index is 0. The monoisotopic (exact) mass is 468 g/mol. The number of rotatable bonds is 6. The van der Waals surface area contributed by atoms with Crippen LogP contribution in [0.2, 0.25) is 0 Å². The Hall–Kier alpha value is -2.47. The lowest BCUT2D eigenvalue weighted by Crippen LogP contribution is -2.47. The Morgan fingerprint density at radius 1 is 0.875 bits per heavy atom. The molecule has 0 bridgehead atoms. The predicted octanol–water partition coefficient (Wildman–Crippen LogP) is 5.40. The summed E-state index contributed by atoms with van der Waals surface area (Å²) in [4.78, 5) is 17.9. The normalized spacial score (nSPS) is 14.1. The fraction of sp³-hybridized carbons (Fsp3) is 0.269. The third kappa shape index (κ3) is 5.85. The minimum Gasteiger partial charge on any atom is -0.507 e. The second kappa shape index (κ2) is 11.4. The standard InChI is InChI=1S/C26H28N2O2S.ClH/c1-27-13-15-28(16-14-27)25(29)12-17-31-22-18-23(20-8-4-2-5-9-20)26(30)24(19-22)21-10-6-3-7-11-21;/h2-11,18-19,30H,12-17H2,1H3;1H. The Kier molecular flexibility index (Phi) is 8.62. The van der Waals surface area contributed by atoms with Crippen molar-refractivity contribution in [3.05, 3.63) is 72.8 Å². The van der Waals surface area contributed by atoms with E-state index in [0.29, 0.717) is 6.42 Å². The number of halogens is 1. The summed E-state index contributed by atoms with van der Waals surface area (Å²) in [5, 5.41) is 11.1. The van der Waals surface area contributed by atoms with E-state index in [0.717, 1.165) is 59.1 Å². The fourth-order valence-corrected chi connectivity index (χ4v) is 4.75. The quantitative estimate of drug-likeness (QED) is 0.491. The van der Waals surface area contributed by atoms with Crippen LogP contribution in [0, 0.1) is 0 Å². The van der Waals surface area contributed by atoms with Crippen LogP contribution in [-0.2, 0) is 4.79 Å². The molecule has 1 aliphatic heterocycles. The van der Waals surface area contributed by atoms with Crippen LogP contribution >= 0.6 is 24.2 Å². The molecule has 3 aromatic rings. The van der Waals surface area contributed by atoms with Crippen LogP contribution in [0.3, 0.4) is 0 Å². The van der Waals surface area contributed by atoms with Gasteiger partial charge in [0, 0.05) is 54.4 Å². The maximum absolute atomic E-state index is 12.6. The van der Waals surface area contributed by atoms with Gasteiger partial charge in [0.25, 0.3) is 0 Å². The molecule has 0 saturated carbocycles. The van der Waals surface area contributed by atoms with Crippen LogP contribution in [-0.4, -0.2) is 59.8 Å². The molecule has 1 N–H and O–H groups in total. The second-order valence-electron chi connectivity index (χ2n) is 7.88. The highest BCUT2D eigenvalue weighted by Gasteiger charge is 2.19. The van der Waals surface area contributed by atoms with Crippen LogP contribution in [0.15, 0.2) is 77.7 Å². The Morgan fingerprint density at radius 2 is 1.38 bits per heavy atom. The summed E-state index contributed by atoms with van der Waals surface area (Å²) in [6, 6.07) is 24.0. The second-order valence-corrected chi connectivity index (χ2v) is 9.05. The van der Waals surface area contributed by atoms with Crippen molar-refractivity contribution < 1.29 is 9.90 Å².